The minimum absolute atomic E-state index is 0.312. The summed E-state index contributed by atoms with van der Waals surface area (Å²) < 4.78 is 5.08. The molecule has 0 spiro atoms. The van der Waals surface area contributed by atoms with Crippen molar-refractivity contribution in [3.05, 3.63) is 12.2 Å². The van der Waals surface area contributed by atoms with Crippen molar-refractivity contribution in [1.29, 1.82) is 0 Å². The Labute approximate surface area is 74.2 Å². The SMILES string of the molecule is CC/C=C/[C@@H](O)[C@@H](N)COCC. The van der Waals surface area contributed by atoms with Crippen molar-refractivity contribution in [1.82, 2.24) is 0 Å². The fourth-order valence-electron chi connectivity index (χ4n) is 0.771. The molecule has 0 aliphatic heterocycles. The van der Waals surface area contributed by atoms with E-state index in [0.29, 0.717) is 13.2 Å². The minimum Gasteiger partial charge on any atom is -0.387 e. The lowest BCUT2D eigenvalue weighted by Gasteiger charge is -2.14. The van der Waals surface area contributed by atoms with E-state index >= 15 is 0 Å². The Morgan fingerprint density at radius 3 is 2.67 bits per heavy atom. The quantitative estimate of drug-likeness (QED) is 0.581. The number of nitrogens with two attached hydrogens (primary N) is 1. The smallest absolute Gasteiger partial charge is 0.0894 e. The Hall–Kier alpha value is -0.380. The molecule has 0 unspecified atom stereocenters. The summed E-state index contributed by atoms with van der Waals surface area (Å²) in [7, 11) is 0. The van der Waals surface area contributed by atoms with Crippen molar-refractivity contribution < 1.29 is 9.84 Å². The second-order valence-corrected chi connectivity index (χ2v) is 2.65. The molecule has 2 atom stereocenters. The Bertz CT molecular complexity index is 126. The maximum absolute atomic E-state index is 9.38. The summed E-state index contributed by atoms with van der Waals surface area (Å²) in [5.74, 6) is 0. The van der Waals surface area contributed by atoms with E-state index in [2.05, 4.69) is 0 Å². The highest BCUT2D eigenvalue weighted by Crippen LogP contribution is 1.95. The molecule has 0 aliphatic rings. The number of hydrogen-bond acceptors (Lipinski definition) is 3. The number of allylic oxidation sites excluding steroid dienone is 1. The fourth-order valence-corrected chi connectivity index (χ4v) is 0.771. The van der Waals surface area contributed by atoms with Gasteiger partial charge in [-0.15, -0.1) is 0 Å². The van der Waals surface area contributed by atoms with E-state index in [4.69, 9.17) is 10.5 Å². The van der Waals surface area contributed by atoms with Gasteiger partial charge in [-0.2, -0.15) is 0 Å². The zero-order valence-electron chi connectivity index (χ0n) is 7.86. The molecule has 0 saturated heterocycles. The Morgan fingerprint density at radius 2 is 2.17 bits per heavy atom. The molecule has 0 aromatic carbocycles. The first kappa shape index (κ1) is 11.6. The van der Waals surface area contributed by atoms with Crippen LogP contribution in [0.1, 0.15) is 20.3 Å². The molecule has 72 valence electrons. The maximum Gasteiger partial charge on any atom is 0.0894 e. The van der Waals surface area contributed by atoms with Gasteiger partial charge in [0.1, 0.15) is 0 Å². The van der Waals surface area contributed by atoms with E-state index in [1.807, 2.05) is 19.9 Å². The lowest BCUT2D eigenvalue weighted by atomic mass is 10.1. The summed E-state index contributed by atoms with van der Waals surface area (Å²) in [5, 5.41) is 9.38. The first-order chi connectivity index (χ1) is 5.72. The van der Waals surface area contributed by atoms with Crippen LogP contribution in [0.25, 0.3) is 0 Å². The van der Waals surface area contributed by atoms with Gasteiger partial charge in [0.15, 0.2) is 0 Å². The van der Waals surface area contributed by atoms with Crippen LogP contribution in [0.5, 0.6) is 0 Å². The minimum atomic E-state index is -0.587. The molecule has 0 aromatic rings. The van der Waals surface area contributed by atoms with Crippen LogP contribution >= 0.6 is 0 Å². The molecule has 0 rings (SSSR count). The van der Waals surface area contributed by atoms with E-state index in [1.165, 1.54) is 0 Å². The van der Waals surface area contributed by atoms with Gasteiger partial charge < -0.3 is 15.6 Å². The molecule has 3 nitrogen and oxygen atoms in total. The van der Waals surface area contributed by atoms with Crippen molar-refractivity contribution in [3.63, 3.8) is 0 Å². The summed E-state index contributed by atoms with van der Waals surface area (Å²) in [6.45, 7) is 4.96. The van der Waals surface area contributed by atoms with Crippen molar-refractivity contribution in [2.45, 2.75) is 32.4 Å². The first-order valence-electron chi connectivity index (χ1n) is 4.40. The van der Waals surface area contributed by atoms with E-state index in [9.17, 15) is 5.11 Å². The fraction of sp³-hybridized carbons (Fsp3) is 0.778. The van der Waals surface area contributed by atoms with Gasteiger partial charge in [-0.05, 0) is 13.3 Å². The van der Waals surface area contributed by atoms with Crippen molar-refractivity contribution >= 4 is 0 Å². The summed E-state index contributed by atoms with van der Waals surface area (Å²) in [5.41, 5.74) is 5.62. The summed E-state index contributed by atoms with van der Waals surface area (Å²) in [6.07, 6.45) is 3.94. The van der Waals surface area contributed by atoms with Gasteiger partial charge in [-0.25, -0.2) is 0 Å². The van der Waals surface area contributed by atoms with Gasteiger partial charge in [-0.1, -0.05) is 19.1 Å². The van der Waals surface area contributed by atoms with Crippen molar-refractivity contribution in [2.24, 2.45) is 5.73 Å². The molecular weight excluding hydrogens is 154 g/mol. The summed E-state index contributed by atoms with van der Waals surface area (Å²) >= 11 is 0. The maximum atomic E-state index is 9.38. The second kappa shape index (κ2) is 7.28. The zero-order valence-corrected chi connectivity index (χ0v) is 7.86. The standard InChI is InChI=1S/C9H19NO2/c1-3-5-6-9(11)8(10)7-12-4-2/h5-6,8-9,11H,3-4,7,10H2,1-2H3/b6-5+/t8-,9+/m0/s1. The van der Waals surface area contributed by atoms with Crippen LogP contribution in [0.15, 0.2) is 12.2 Å². The van der Waals surface area contributed by atoms with Gasteiger partial charge in [0.25, 0.3) is 0 Å². The normalized spacial score (nSPS) is 16.7. The van der Waals surface area contributed by atoms with Crippen LogP contribution in [-0.4, -0.2) is 30.5 Å². The molecule has 0 saturated carbocycles. The average molecular weight is 173 g/mol. The van der Waals surface area contributed by atoms with Gasteiger partial charge in [0, 0.05) is 6.61 Å². The number of hydrogen-bond donors (Lipinski definition) is 2. The van der Waals surface area contributed by atoms with Crippen molar-refractivity contribution in [3.8, 4) is 0 Å². The number of aliphatic hydroxyl groups excluding tert-OH is 1. The third kappa shape index (κ3) is 5.29. The molecular formula is C9H19NO2. The highest BCUT2D eigenvalue weighted by molar-refractivity contribution is 4.93. The van der Waals surface area contributed by atoms with E-state index in [-0.39, 0.29) is 6.04 Å². The molecule has 0 aromatic heterocycles. The topological polar surface area (TPSA) is 55.5 Å². The van der Waals surface area contributed by atoms with E-state index in [0.717, 1.165) is 6.42 Å². The Balaban J connectivity index is 3.60. The molecule has 0 radical (unpaired) electrons. The zero-order chi connectivity index (χ0) is 9.40. The largest absolute Gasteiger partial charge is 0.387 e. The summed E-state index contributed by atoms with van der Waals surface area (Å²) in [6, 6.07) is -0.312. The molecule has 0 bridgehead atoms. The molecule has 0 aliphatic carbocycles. The van der Waals surface area contributed by atoms with Gasteiger partial charge in [0.05, 0.1) is 18.8 Å². The number of aliphatic hydroxyl groups is 1. The van der Waals surface area contributed by atoms with Crippen LogP contribution in [0.3, 0.4) is 0 Å². The molecule has 0 amide bonds. The first-order valence-corrected chi connectivity index (χ1v) is 4.40. The van der Waals surface area contributed by atoms with Crippen LogP contribution in [0, 0.1) is 0 Å². The van der Waals surface area contributed by atoms with Crippen LogP contribution in [-0.2, 0) is 4.74 Å². The van der Waals surface area contributed by atoms with Crippen LogP contribution < -0.4 is 5.73 Å². The third-order valence-electron chi connectivity index (χ3n) is 1.52. The number of rotatable bonds is 6. The van der Waals surface area contributed by atoms with E-state index in [1.54, 1.807) is 6.08 Å². The lowest BCUT2D eigenvalue weighted by molar-refractivity contribution is 0.0880. The monoisotopic (exact) mass is 173 g/mol. The predicted molar refractivity (Wildman–Crippen MR) is 49.9 cm³/mol. The molecule has 3 N–H and O–H groups in total. The molecule has 3 heteroatoms. The average Bonchev–Trinajstić information content (AvgIpc) is 2.10. The molecule has 0 fully saturated rings. The predicted octanol–water partition coefficient (Wildman–Crippen LogP) is 0.677. The highest BCUT2D eigenvalue weighted by Gasteiger charge is 2.10. The number of ether oxygens (including phenoxy) is 1. The molecule has 12 heavy (non-hydrogen) atoms. The van der Waals surface area contributed by atoms with Gasteiger partial charge in [0.2, 0.25) is 0 Å². The summed E-state index contributed by atoms with van der Waals surface area (Å²) in [4.78, 5) is 0. The third-order valence-corrected chi connectivity index (χ3v) is 1.52. The van der Waals surface area contributed by atoms with Gasteiger partial charge in [-0.3, -0.25) is 0 Å². The highest BCUT2D eigenvalue weighted by atomic mass is 16.5. The van der Waals surface area contributed by atoms with Crippen LogP contribution in [0.4, 0.5) is 0 Å². The Kier molecular flexibility index (Phi) is 7.05. The van der Waals surface area contributed by atoms with Crippen LogP contribution in [0.2, 0.25) is 0 Å². The lowest BCUT2D eigenvalue weighted by Crippen LogP contribution is -2.37. The Morgan fingerprint density at radius 1 is 1.50 bits per heavy atom. The van der Waals surface area contributed by atoms with Gasteiger partial charge >= 0.3 is 0 Å². The molecule has 0 heterocycles. The van der Waals surface area contributed by atoms with E-state index < -0.39 is 6.10 Å². The second-order valence-electron chi connectivity index (χ2n) is 2.65. The van der Waals surface area contributed by atoms with Crippen molar-refractivity contribution in [2.75, 3.05) is 13.2 Å².